The standard InChI is InChI=1S/C9H10Cl2O2S2/c1-15(12,13)5-4-14-7-2-3-8(10)9(11)6-7/h2-3,6H,4-5H2,1H3. The summed E-state index contributed by atoms with van der Waals surface area (Å²) in [5, 5.41) is 0.991. The minimum absolute atomic E-state index is 0.165. The van der Waals surface area contributed by atoms with Crippen molar-refractivity contribution in [3.05, 3.63) is 28.2 Å². The molecule has 84 valence electrons. The molecule has 15 heavy (non-hydrogen) atoms. The van der Waals surface area contributed by atoms with E-state index in [0.717, 1.165) is 4.90 Å². The Morgan fingerprint density at radius 1 is 1.27 bits per heavy atom. The predicted octanol–water partition coefficient (Wildman–Crippen LogP) is 3.13. The predicted molar refractivity (Wildman–Crippen MR) is 66.9 cm³/mol. The number of benzene rings is 1. The molecule has 1 rings (SSSR count). The average Bonchev–Trinajstić information content (AvgIpc) is 2.09. The zero-order valence-corrected chi connectivity index (χ0v) is 11.2. The molecule has 0 aliphatic rings. The van der Waals surface area contributed by atoms with Crippen molar-refractivity contribution in [3.63, 3.8) is 0 Å². The van der Waals surface area contributed by atoms with Crippen molar-refractivity contribution in [1.82, 2.24) is 0 Å². The number of rotatable bonds is 4. The Balaban J connectivity index is 2.55. The van der Waals surface area contributed by atoms with E-state index in [1.54, 1.807) is 12.1 Å². The Labute approximate surface area is 104 Å². The first kappa shape index (κ1) is 13.2. The van der Waals surface area contributed by atoms with Crippen molar-refractivity contribution >= 4 is 44.8 Å². The van der Waals surface area contributed by atoms with Crippen LogP contribution < -0.4 is 0 Å². The Morgan fingerprint density at radius 3 is 2.47 bits per heavy atom. The lowest BCUT2D eigenvalue weighted by Gasteiger charge is -2.02. The highest BCUT2D eigenvalue weighted by atomic mass is 35.5. The second kappa shape index (κ2) is 5.43. The fourth-order valence-corrected chi connectivity index (χ4v) is 3.39. The van der Waals surface area contributed by atoms with Crippen LogP contribution in [-0.4, -0.2) is 26.2 Å². The third-order valence-electron chi connectivity index (χ3n) is 1.61. The maximum absolute atomic E-state index is 10.9. The molecule has 0 aromatic heterocycles. The molecule has 0 N–H and O–H groups in total. The normalized spacial score (nSPS) is 11.7. The first-order chi connectivity index (χ1) is 6.88. The Morgan fingerprint density at radius 2 is 1.93 bits per heavy atom. The fraction of sp³-hybridized carbons (Fsp3) is 0.333. The van der Waals surface area contributed by atoms with Crippen LogP contribution in [0.25, 0.3) is 0 Å². The summed E-state index contributed by atoms with van der Waals surface area (Å²) in [7, 11) is -2.89. The van der Waals surface area contributed by atoms with Gasteiger partial charge in [0, 0.05) is 16.9 Å². The summed E-state index contributed by atoms with van der Waals surface area (Å²) < 4.78 is 21.8. The molecule has 0 aliphatic heterocycles. The van der Waals surface area contributed by atoms with Crippen molar-refractivity contribution in [2.24, 2.45) is 0 Å². The van der Waals surface area contributed by atoms with Gasteiger partial charge in [-0.05, 0) is 18.2 Å². The van der Waals surface area contributed by atoms with Gasteiger partial charge in [0.15, 0.2) is 0 Å². The highest BCUT2D eigenvalue weighted by Crippen LogP contribution is 2.27. The van der Waals surface area contributed by atoms with E-state index in [1.165, 1.54) is 18.0 Å². The molecule has 0 saturated heterocycles. The van der Waals surface area contributed by atoms with Crippen molar-refractivity contribution in [2.45, 2.75) is 4.90 Å². The van der Waals surface area contributed by atoms with Crippen LogP contribution in [0.5, 0.6) is 0 Å². The summed E-state index contributed by atoms with van der Waals surface area (Å²) in [5.41, 5.74) is 0. The van der Waals surface area contributed by atoms with Crippen molar-refractivity contribution in [1.29, 1.82) is 0 Å². The monoisotopic (exact) mass is 284 g/mol. The van der Waals surface area contributed by atoms with Crippen molar-refractivity contribution < 1.29 is 8.42 Å². The van der Waals surface area contributed by atoms with Crippen molar-refractivity contribution in [2.75, 3.05) is 17.8 Å². The second-order valence-electron chi connectivity index (χ2n) is 3.05. The molecule has 0 radical (unpaired) electrons. The third-order valence-corrected chi connectivity index (χ3v) is 4.55. The maximum atomic E-state index is 10.9. The molecular formula is C9H10Cl2O2S2. The molecule has 0 fully saturated rings. The molecular weight excluding hydrogens is 275 g/mol. The number of hydrogen-bond donors (Lipinski definition) is 0. The zero-order valence-electron chi connectivity index (χ0n) is 8.04. The molecule has 1 aromatic carbocycles. The highest BCUT2D eigenvalue weighted by Gasteiger charge is 2.04. The van der Waals surface area contributed by atoms with E-state index in [9.17, 15) is 8.42 Å². The second-order valence-corrected chi connectivity index (χ2v) is 7.30. The van der Waals surface area contributed by atoms with Gasteiger partial charge in [-0.2, -0.15) is 0 Å². The Bertz CT molecular complexity index is 443. The van der Waals surface area contributed by atoms with E-state index in [1.807, 2.05) is 6.07 Å². The van der Waals surface area contributed by atoms with Gasteiger partial charge in [0.05, 0.1) is 15.8 Å². The SMILES string of the molecule is CS(=O)(=O)CCSc1ccc(Cl)c(Cl)c1. The zero-order chi connectivity index (χ0) is 11.5. The van der Waals surface area contributed by atoms with Gasteiger partial charge in [-0.1, -0.05) is 23.2 Å². The van der Waals surface area contributed by atoms with Gasteiger partial charge < -0.3 is 0 Å². The first-order valence-corrected chi connectivity index (χ1v) is 7.94. The van der Waals surface area contributed by atoms with Gasteiger partial charge in [0.1, 0.15) is 9.84 Å². The summed E-state index contributed by atoms with van der Waals surface area (Å²) in [6.07, 6.45) is 1.22. The maximum Gasteiger partial charge on any atom is 0.148 e. The molecule has 2 nitrogen and oxygen atoms in total. The Kier molecular flexibility index (Phi) is 4.77. The number of hydrogen-bond acceptors (Lipinski definition) is 3. The molecule has 0 bridgehead atoms. The number of halogens is 2. The van der Waals surface area contributed by atoms with Gasteiger partial charge in [-0.3, -0.25) is 0 Å². The lowest BCUT2D eigenvalue weighted by atomic mass is 10.4. The molecule has 0 aliphatic carbocycles. The highest BCUT2D eigenvalue weighted by molar-refractivity contribution is 8.00. The Hall–Kier alpha value is 0.1000. The smallest absolute Gasteiger partial charge is 0.148 e. The number of thioether (sulfide) groups is 1. The van der Waals surface area contributed by atoms with Crippen LogP contribution in [0.15, 0.2) is 23.1 Å². The van der Waals surface area contributed by atoms with Crippen LogP contribution in [0.1, 0.15) is 0 Å². The van der Waals surface area contributed by atoms with E-state index in [-0.39, 0.29) is 5.75 Å². The summed E-state index contributed by atoms with van der Waals surface area (Å²) in [5.74, 6) is 0.689. The largest absolute Gasteiger partial charge is 0.229 e. The van der Waals surface area contributed by atoms with E-state index < -0.39 is 9.84 Å². The summed E-state index contributed by atoms with van der Waals surface area (Å²) in [6.45, 7) is 0. The summed E-state index contributed by atoms with van der Waals surface area (Å²) in [4.78, 5) is 0.924. The van der Waals surface area contributed by atoms with Crippen LogP contribution >= 0.6 is 35.0 Å². The fourth-order valence-electron chi connectivity index (χ4n) is 0.878. The molecule has 1 aromatic rings. The molecule has 0 unspecified atom stereocenters. The average molecular weight is 285 g/mol. The minimum atomic E-state index is -2.89. The van der Waals surface area contributed by atoms with E-state index in [2.05, 4.69) is 0 Å². The molecule has 0 atom stereocenters. The van der Waals surface area contributed by atoms with E-state index in [0.29, 0.717) is 15.8 Å². The molecule has 0 saturated carbocycles. The lowest BCUT2D eigenvalue weighted by molar-refractivity contribution is 0.603. The van der Waals surface area contributed by atoms with Gasteiger partial charge in [0.25, 0.3) is 0 Å². The van der Waals surface area contributed by atoms with Crippen LogP contribution in [0.4, 0.5) is 0 Å². The first-order valence-electron chi connectivity index (χ1n) is 4.14. The van der Waals surface area contributed by atoms with Crippen LogP contribution in [0, 0.1) is 0 Å². The van der Waals surface area contributed by atoms with Crippen molar-refractivity contribution in [3.8, 4) is 0 Å². The summed E-state index contributed by atoms with van der Waals surface area (Å²) >= 11 is 13.0. The minimum Gasteiger partial charge on any atom is -0.229 e. The molecule has 0 amide bonds. The quantitative estimate of drug-likeness (QED) is 0.797. The van der Waals surface area contributed by atoms with Gasteiger partial charge >= 0.3 is 0 Å². The number of sulfone groups is 1. The topological polar surface area (TPSA) is 34.1 Å². The van der Waals surface area contributed by atoms with Crippen LogP contribution in [0.2, 0.25) is 10.0 Å². The third kappa shape index (κ3) is 5.11. The van der Waals surface area contributed by atoms with E-state index in [4.69, 9.17) is 23.2 Å². The van der Waals surface area contributed by atoms with Crippen LogP contribution in [-0.2, 0) is 9.84 Å². The van der Waals surface area contributed by atoms with Crippen LogP contribution in [0.3, 0.4) is 0 Å². The molecule has 6 heteroatoms. The lowest BCUT2D eigenvalue weighted by Crippen LogP contribution is -2.04. The van der Waals surface area contributed by atoms with Gasteiger partial charge in [-0.15, -0.1) is 11.8 Å². The molecule has 0 heterocycles. The molecule has 0 spiro atoms. The van der Waals surface area contributed by atoms with E-state index >= 15 is 0 Å². The van der Waals surface area contributed by atoms with Gasteiger partial charge in [-0.25, -0.2) is 8.42 Å². The van der Waals surface area contributed by atoms with Gasteiger partial charge in [0.2, 0.25) is 0 Å². The summed E-state index contributed by atoms with van der Waals surface area (Å²) in [6, 6.07) is 5.25.